The second-order valence-corrected chi connectivity index (χ2v) is 8.43. The summed E-state index contributed by atoms with van der Waals surface area (Å²) >= 11 is 11.3. The maximum atomic E-state index is 12.8. The summed E-state index contributed by atoms with van der Waals surface area (Å²) in [6.45, 7) is 0. The first-order chi connectivity index (χ1) is 12.5. The molecule has 1 saturated carbocycles. The third-order valence-electron chi connectivity index (χ3n) is 4.09. The van der Waals surface area contributed by atoms with Crippen molar-refractivity contribution in [2.75, 3.05) is 0 Å². The molecule has 0 aliphatic heterocycles. The van der Waals surface area contributed by atoms with Crippen molar-refractivity contribution in [2.24, 2.45) is 5.92 Å². The molecule has 1 fully saturated rings. The van der Waals surface area contributed by atoms with Crippen molar-refractivity contribution in [2.45, 2.75) is 23.4 Å². The predicted molar refractivity (Wildman–Crippen MR) is 91.9 cm³/mol. The van der Waals surface area contributed by atoms with Crippen LogP contribution < -0.4 is 4.72 Å². The van der Waals surface area contributed by atoms with Crippen LogP contribution in [0.15, 0.2) is 41.4 Å². The number of hydrogen-bond acceptors (Lipinski definition) is 4. The molecule has 144 valence electrons. The minimum absolute atomic E-state index is 0.0891. The maximum absolute atomic E-state index is 12.8. The van der Waals surface area contributed by atoms with Gasteiger partial charge in [0.1, 0.15) is 10.0 Å². The maximum Gasteiger partial charge on any atom is 0.416 e. The van der Waals surface area contributed by atoms with Crippen molar-refractivity contribution in [1.29, 1.82) is 0 Å². The zero-order valence-corrected chi connectivity index (χ0v) is 15.6. The van der Waals surface area contributed by atoms with Gasteiger partial charge in [-0.15, -0.1) is 0 Å². The normalized spacial score (nSPS) is 19.6. The highest BCUT2D eigenvalue weighted by atomic mass is 35.5. The van der Waals surface area contributed by atoms with Gasteiger partial charge in [0.05, 0.1) is 10.6 Å². The van der Waals surface area contributed by atoms with Gasteiger partial charge in [-0.05, 0) is 30.0 Å². The molecular weight excluding hydrogens is 428 g/mol. The van der Waals surface area contributed by atoms with E-state index in [-0.39, 0.29) is 21.5 Å². The molecular formula is C16H11Cl2F3N2O3S. The summed E-state index contributed by atoms with van der Waals surface area (Å²) < 4.78 is 64.8. The van der Waals surface area contributed by atoms with Gasteiger partial charge in [0.25, 0.3) is 10.0 Å². The van der Waals surface area contributed by atoms with Gasteiger partial charge in [-0.2, -0.15) is 13.2 Å². The van der Waals surface area contributed by atoms with Gasteiger partial charge in [-0.25, -0.2) is 18.1 Å². The van der Waals surface area contributed by atoms with Crippen LogP contribution in [0, 0.1) is 5.92 Å². The molecule has 2 aromatic rings. The lowest BCUT2D eigenvalue weighted by Crippen LogP contribution is -2.32. The fourth-order valence-electron chi connectivity index (χ4n) is 2.62. The average molecular weight is 439 g/mol. The van der Waals surface area contributed by atoms with Gasteiger partial charge in [0.15, 0.2) is 0 Å². The lowest BCUT2D eigenvalue weighted by atomic mass is 10.1. The van der Waals surface area contributed by atoms with Crippen LogP contribution in [0.4, 0.5) is 13.2 Å². The number of benzene rings is 1. The first-order valence-electron chi connectivity index (χ1n) is 7.54. The summed E-state index contributed by atoms with van der Waals surface area (Å²) in [5.41, 5.74) is -0.487. The Morgan fingerprint density at radius 3 is 2.56 bits per heavy atom. The summed E-state index contributed by atoms with van der Waals surface area (Å²) in [6.07, 6.45) is -3.30. The van der Waals surface area contributed by atoms with Crippen LogP contribution in [0.25, 0.3) is 0 Å². The van der Waals surface area contributed by atoms with Gasteiger partial charge in [-0.1, -0.05) is 41.4 Å². The number of carbonyl (C=O) groups is 1. The van der Waals surface area contributed by atoms with Crippen LogP contribution in [0.3, 0.4) is 0 Å². The highest BCUT2D eigenvalue weighted by Gasteiger charge is 2.46. The quantitative estimate of drug-likeness (QED) is 0.731. The molecule has 1 aliphatic carbocycles. The lowest BCUT2D eigenvalue weighted by molar-refractivity contribution is -0.137. The number of nitrogens with one attached hydrogen (secondary N) is 1. The number of carbonyl (C=O) groups excluding carboxylic acids is 1. The fraction of sp³-hybridized carbons (Fsp3) is 0.250. The molecule has 0 saturated heterocycles. The highest BCUT2D eigenvalue weighted by molar-refractivity contribution is 7.90. The molecule has 0 radical (unpaired) electrons. The molecule has 27 heavy (non-hydrogen) atoms. The number of pyridine rings is 1. The van der Waals surface area contributed by atoms with E-state index in [9.17, 15) is 26.4 Å². The molecule has 0 spiro atoms. The second-order valence-electron chi connectivity index (χ2n) is 5.99. The summed E-state index contributed by atoms with van der Waals surface area (Å²) in [5, 5.41) is -0.186. The van der Waals surface area contributed by atoms with E-state index in [1.165, 1.54) is 12.1 Å². The van der Waals surface area contributed by atoms with Gasteiger partial charge in [-0.3, -0.25) is 4.79 Å². The smallest absolute Gasteiger partial charge is 0.274 e. The van der Waals surface area contributed by atoms with Crippen molar-refractivity contribution in [3.8, 4) is 0 Å². The van der Waals surface area contributed by atoms with Crippen LogP contribution >= 0.6 is 23.2 Å². The molecule has 1 aromatic carbocycles. The third kappa shape index (κ3) is 4.36. The Labute approximate surface area is 162 Å². The van der Waals surface area contributed by atoms with Crippen LogP contribution in [0.2, 0.25) is 10.2 Å². The van der Waals surface area contributed by atoms with Gasteiger partial charge >= 0.3 is 6.18 Å². The zero-order valence-electron chi connectivity index (χ0n) is 13.3. The third-order valence-corrected chi connectivity index (χ3v) is 6.09. The lowest BCUT2D eigenvalue weighted by Gasteiger charge is -2.09. The Balaban J connectivity index is 1.72. The first-order valence-corrected chi connectivity index (χ1v) is 9.78. The summed E-state index contributed by atoms with van der Waals surface area (Å²) in [5.74, 6) is -2.02. The number of sulfonamides is 1. The second kappa shape index (κ2) is 6.96. The number of hydrogen-bond donors (Lipinski definition) is 1. The van der Waals surface area contributed by atoms with E-state index < -0.39 is 39.5 Å². The number of amides is 1. The molecule has 0 bridgehead atoms. The molecule has 11 heteroatoms. The molecule has 3 rings (SSSR count). The Morgan fingerprint density at radius 1 is 1.22 bits per heavy atom. The van der Waals surface area contributed by atoms with Crippen LogP contribution in [0.1, 0.15) is 23.5 Å². The fourth-order valence-corrected chi connectivity index (χ4v) is 3.95. The molecule has 1 heterocycles. The largest absolute Gasteiger partial charge is 0.416 e. The van der Waals surface area contributed by atoms with E-state index in [2.05, 4.69) is 4.98 Å². The Hall–Kier alpha value is -1.84. The van der Waals surface area contributed by atoms with Crippen molar-refractivity contribution < 1.29 is 26.4 Å². The Morgan fingerprint density at radius 2 is 1.93 bits per heavy atom. The van der Waals surface area contributed by atoms with Crippen LogP contribution in [-0.4, -0.2) is 19.3 Å². The standard InChI is InChI=1S/C16H11Cl2F3N2O3S/c17-13-5-10(7-22-14(13)18)27(25,26)23-15(24)12-6-11(12)8-2-1-3-9(4-8)16(19,20)21/h1-5,7,11-12H,6H2,(H,23,24)/t11-,12-/m1/s1. The van der Waals surface area contributed by atoms with Crippen LogP contribution in [0.5, 0.6) is 0 Å². The van der Waals surface area contributed by atoms with Crippen LogP contribution in [-0.2, 0) is 21.0 Å². The minimum atomic E-state index is -4.49. The SMILES string of the molecule is O=C(NS(=O)(=O)c1cnc(Cl)c(Cl)c1)[C@@H]1C[C@@H]1c1cccc(C(F)(F)F)c1. The molecule has 1 aliphatic rings. The Kier molecular flexibility index (Phi) is 5.13. The summed E-state index contributed by atoms with van der Waals surface area (Å²) in [6, 6.07) is 5.68. The summed E-state index contributed by atoms with van der Waals surface area (Å²) in [7, 11) is -4.23. The topological polar surface area (TPSA) is 76.1 Å². The average Bonchev–Trinajstić information content (AvgIpc) is 3.37. The molecule has 5 nitrogen and oxygen atoms in total. The number of aromatic nitrogens is 1. The predicted octanol–water partition coefficient (Wildman–Crippen LogP) is 4.02. The number of rotatable bonds is 4. The molecule has 2 atom stereocenters. The van der Waals surface area contributed by atoms with Gasteiger partial charge < -0.3 is 0 Å². The first kappa shape index (κ1) is 19.9. The van der Waals surface area contributed by atoms with E-state index >= 15 is 0 Å². The number of alkyl halides is 3. The van der Waals surface area contributed by atoms with E-state index in [1.807, 2.05) is 4.72 Å². The number of halogens is 5. The van der Waals surface area contributed by atoms with Crippen molar-refractivity contribution in [1.82, 2.24) is 9.71 Å². The van der Waals surface area contributed by atoms with Crippen molar-refractivity contribution >= 4 is 39.1 Å². The molecule has 1 N–H and O–H groups in total. The van der Waals surface area contributed by atoms with Crippen molar-refractivity contribution in [3.05, 3.63) is 57.8 Å². The molecule has 0 unspecified atom stereocenters. The minimum Gasteiger partial charge on any atom is -0.274 e. The molecule has 1 aromatic heterocycles. The number of nitrogens with zero attached hydrogens (tertiary/aromatic N) is 1. The van der Waals surface area contributed by atoms with Crippen molar-refractivity contribution in [3.63, 3.8) is 0 Å². The van der Waals surface area contributed by atoms with Gasteiger partial charge in [0.2, 0.25) is 5.91 Å². The van der Waals surface area contributed by atoms with E-state index in [0.29, 0.717) is 5.56 Å². The molecule has 1 amide bonds. The van der Waals surface area contributed by atoms with E-state index in [1.54, 1.807) is 0 Å². The van der Waals surface area contributed by atoms with E-state index in [4.69, 9.17) is 23.2 Å². The summed E-state index contributed by atoms with van der Waals surface area (Å²) in [4.78, 5) is 15.5. The Bertz CT molecular complexity index is 1010. The monoisotopic (exact) mass is 438 g/mol. The highest BCUT2D eigenvalue weighted by Crippen LogP contribution is 2.48. The zero-order chi connectivity index (χ0) is 20.0. The van der Waals surface area contributed by atoms with Gasteiger partial charge in [0, 0.05) is 12.1 Å². The van der Waals surface area contributed by atoms with E-state index in [0.717, 1.165) is 24.4 Å².